The van der Waals surface area contributed by atoms with Crippen LogP contribution in [0.15, 0.2) is 53.4 Å². The molecule has 0 spiro atoms. The molecule has 162 valence electrons. The van der Waals surface area contributed by atoms with Gasteiger partial charge in [0.05, 0.1) is 13.7 Å². The molecule has 1 fully saturated rings. The highest BCUT2D eigenvalue weighted by molar-refractivity contribution is 7.89. The second-order valence-electron chi connectivity index (χ2n) is 7.57. The number of hydrogen-bond acceptors (Lipinski definition) is 4. The summed E-state index contributed by atoms with van der Waals surface area (Å²) in [7, 11) is -1.43. The van der Waals surface area contributed by atoms with Crippen LogP contribution in [0.3, 0.4) is 0 Å². The Morgan fingerprint density at radius 2 is 1.83 bits per heavy atom. The van der Waals surface area contributed by atoms with Crippen molar-refractivity contribution in [2.24, 2.45) is 5.92 Å². The summed E-state index contributed by atoms with van der Waals surface area (Å²) in [4.78, 5) is 14.1. The highest BCUT2D eigenvalue weighted by atomic mass is 32.2. The monoisotopic (exact) mass is 434 g/mol. The minimum absolute atomic E-state index is 0.0393. The number of benzene rings is 2. The average molecular weight is 435 g/mol. The lowest BCUT2D eigenvalue weighted by Gasteiger charge is -2.33. The largest absolute Gasteiger partial charge is 0.495 e. The molecule has 0 bridgehead atoms. The van der Waals surface area contributed by atoms with Crippen LogP contribution in [-0.2, 0) is 21.2 Å². The number of nitrogens with zero attached hydrogens (tertiary/aromatic N) is 2. The van der Waals surface area contributed by atoms with Crippen LogP contribution in [0.5, 0.6) is 5.75 Å². The number of sulfonamides is 1. The van der Waals surface area contributed by atoms with E-state index in [4.69, 9.17) is 4.74 Å². The van der Waals surface area contributed by atoms with Gasteiger partial charge in [0.1, 0.15) is 16.5 Å². The topological polar surface area (TPSA) is 66.9 Å². The van der Waals surface area contributed by atoms with Crippen LogP contribution in [0.2, 0.25) is 0 Å². The van der Waals surface area contributed by atoms with Crippen molar-refractivity contribution in [2.45, 2.75) is 24.2 Å². The van der Waals surface area contributed by atoms with E-state index in [1.54, 1.807) is 4.90 Å². The second-order valence-corrected chi connectivity index (χ2v) is 9.58. The first-order chi connectivity index (χ1) is 14.3. The molecule has 0 saturated carbocycles. The fourth-order valence-corrected chi connectivity index (χ4v) is 5.01. The Morgan fingerprint density at radius 1 is 1.17 bits per heavy atom. The SMILES string of the molecule is COc1ccc(F)cc1S(=O)(=O)N(C)CC(=O)N1CCC(Cc2ccccc2)CC1. The van der Waals surface area contributed by atoms with Crippen LogP contribution in [0, 0.1) is 11.7 Å². The van der Waals surface area contributed by atoms with Gasteiger partial charge in [-0.15, -0.1) is 0 Å². The molecule has 3 rings (SSSR count). The van der Waals surface area contributed by atoms with Crippen LogP contribution < -0.4 is 4.74 Å². The summed E-state index contributed by atoms with van der Waals surface area (Å²) in [6.07, 6.45) is 2.75. The summed E-state index contributed by atoms with van der Waals surface area (Å²) < 4.78 is 45.3. The minimum atomic E-state index is -4.07. The van der Waals surface area contributed by atoms with Crippen molar-refractivity contribution in [3.05, 3.63) is 59.9 Å². The van der Waals surface area contributed by atoms with Crippen LogP contribution in [0.1, 0.15) is 18.4 Å². The molecular weight excluding hydrogens is 407 g/mol. The van der Waals surface area contributed by atoms with Crippen molar-refractivity contribution in [1.82, 2.24) is 9.21 Å². The maximum Gasteiger partial charge on any atom is 0.247 e. The molecule has 1 amide bonds. The Morgan fingerprint density at radius 3 is 2.47 bits per heavy atom. The predicted octanol–water partition coefficient (Wildman–Crippen LogP) is 2.94. The quantitative estimate of drug-likeness (QED) is 0.672. The summed E-state index contributed by atoms with van der Waals surface area (Å²) in [6, 6.07) is 13.6. The van der Waals surface area contributed by atoms with Crippen LogP contribution >= 0.6 is 0 Å². The lowest BCUT2D eigenvalue weighted by atomic mass is 9.90. The number of likely N-dealkylation sites (N-methyl/N-ethyl adjacent to an activating group) is 1. The molecule has 8 heteroatoms. The van der Waals surface area contributed by atoms with Gasteiger partial charge in [-0.25, -0.2) is 12.8 Å². The van der Waals surface area contributed by atoms with Crippen molar-refractivity contribution >= 4 is 15.9 Å². The lowest BCUT2D eigenvalue weighted by Crippen LogP contribution is -2.44. The summed E-state index contributed by atoms with van der Waals surface area (Å²) in [5, 5.41) is 0. The average Bonchev–Trinajstić information content (AvgIpc) is 2.74. The number of ether oxygens (including phenoxy) is 1. The smallest absolute Gasteiger partial charge is 0.247 e. The van der Waals surface area contributed by atoms with E-state index in [0.717, 1.165) is 35.7 Å². The number of carbonyl (C=O) groups excluding carboxylic acids is 1. The third-order valence-electron chi connectivity index (χ3n) is 5.51. The number of hydrogen-bond donors (Lipinski definition) is 0. The van der Waals surface area contributed by atoms with Gasteiger partial charge < -0.3 is 9.64 Å². The van der Waals surface area contributed by atoms with Gasteiger partial charge in [-0.1, -0.05) is 30.3 Å². The second kappa shape index (κ2) is 9.57. The number of amides is 1. The molecular formula is C22H27FN2O4S. The maximum atomic E-state index is 13.6. The summed E-state index contributed by atoms with van der Waals surface area (Å²) >= 11 is 0. The van der Waals surface area contributed by atoms with Gasteiger partial charge >= 0.3 is 0 Å². The van der Waals surface area contributed by atoms with Crippen molar-refractivity contribution in [3.8, 4) is 5.75 Å². The van der Waals surface area contributed by atoms with E-state index >= 15 is 0 Å². The molecule has 2 aromatic carbocycles. The molecule has 0 N–H and O–H groups in total. The Kier molecular flexibility index (Phi) is 7.10. The van der Waals surface area contributed by atoms with Crippen LogP contribution in [-0.4, -0.2) is 57.3 Å². The molecule has 0 unspecified atom stereocenters. The summed E-state index contributed by atoms with van der Waals surface area (Å²) in [5.74, 6) is -0.393. The number of piperidine rings is 1. The maximum absolute atomic E-state index is 13.6. The molecule has 1 heterocycles. The summed E-state index contributed by atoms with van der Waals surface area (Å²) in [6.45, 7) is 0.909. The molecule has 0 aliphatic carbocycles. The fraction of sp³-hybridized carbons (Fsp3) is 0.409. The summed E-state index contributed by atoms with van der Waals surface area (Å²) in [5.41, 5.74) is 1.29. The van der Waals surface area contributed by atoms with Gasteiger partial charge in [0.15, 0.2) is 0 Å². The molecule has 0 aromatic heterocycles. The van der Waals surface area contributed by atoms with Crippen molar-refractivity contribution < 1.29 is 22.3 Å². The normalized spacial score (nSPS) is 15.4. The van der Waals surface area contributed by atoms with E-state index in [2.05, 4.69) is 12.1 Å². The van der Waals surface area contributed by atoms with Gasteiger partial charge in [0.2, 0.25) is 15.9 Å². The number of methoxy groups -OCH3 is 1. The van der Waals surface area contributed by atoms with E-state index in [1.807, 2.05) is 18.2 Å². The number of likely N-dealkylation sites (tertiary alicyclic amines) is 1. The molecule has 30 heavy (non-hydrogen) atoms. The number of rotatable bonds is 7. The number of carbonyl (C=O) groups is 1. The first-order valence-corrected chi connectivity index (χ1v) is 11.4. The molecule has 0 atom stereocenters. The van der Waals surface area contributed by atoms with E-state index in [-0.39, 0.29) is 23.1 Å². The van der Waals surface area contributed by atoms with Gasteiger partial charge in [-0.05, 0) is 48.9 Å². The number of halogens is 1. The Bertz CT molecular complexity index is 974. The third-order valence-corrected chi connectivity index (χ3v) is 7.33. The predicted molar refractivity (Wildman–Crippen MR) is 112 cm³/mol. The molecule has 0 radical (unpaired) electrons. The molecule has 1 aliphatic heterocycles. The standard InChI is InChI=1S/C22H27FN2O4S/c1-24(30(27,28)21-15-19(23)8-9-20(21)29-2)16-22(26)25-12-10-18(11-13-25)14-17-6-4-3-5-7-17/h3-9,15,18H,10-14,16H2,1-2H3. The van der Waals surface area contributed by atoms with E-state index in [9.17, 15) is 17.6 Å². The highest BCUT2D eigenvalue weighted by Crippen LogP contribution is 2.27. The van der Waals surface area contributed by atoms with Crippen LogP contribution in [0.4, 0.5) is 4.39 Å². The molecule has 6 nitrogen and oxygen atoms in total. The van der Waals surface area contributed by atoms with Crippen molar-refractivity contribution in [1.29, 1.82) is 0 Å². The molecule has 1 aliphatic rings. The lowest BCUT2D eigenvalue weighted by molar-refractivity contribution is -0.132. The molecule has 1 saturated heterocycles. The highest BCUT2D eigenvalue weighted by Gasteiger charge is 2.30. The van der Waals surface area contributed by atoms with E-state index in [1.165, 1.54) is 25.8 Å². The Labute approximate surface area is 177 Å². The first kappa shape index (κ1) is 22.2. The fourth-order valence-electron chi connectivity index (χ4n) is 3.73. The zero-order chi connectivity index (χ0) is 21.7. The zero-order valence-corrected chi connectivity index (χ0v) is 18.1. The Balaban J connectivity index is 1.59. The van der Waals surface area contributed by atoms with Gasteiger partial charge in [-0.2, -0.15) is 4.31 Å². The van der Waals surface area contributed by atoms with Gasteiger partial charge in [-0.3, -0.25) is 4.79 Å². The third kappa shape index (κ3) is 5.17. The van der Waals surface area contributed by atoms with E-state index < -0.39 is 15.8 Å². The van der Waals surface area contributed by atoms with Gasteiger partial charge in [0, 0.05) is 20.1 Å². The molecule has 2 aromatic rings. The Hall–Kier alpha value is -2.45. The first-order valence-electron chi connectivity index (χ1n) is 9.93. The van der Waals surface area contributed by atoms with Crippen LogP contribution in [0.25, 0.3) is 0 Å². The van der Waals surface area contributed by atoms with E-state index in [0.29, 0.717) is 19.0 Å². The minimum Gasteiger partial charge on any atom is -0.495 e. The zero-order valence-electron chi connectivity index (χ0n) is 17.3. The van der Waals surface area contributed by atoms with Crippen molar-refractivity contribution in [3.63, 3.8) is 0 Å². The van der Waals surface area contributed by atoms with Crippen molar-refractivity contribution in [2.75, 3.05) is 33.8 Å². The van der Waals surface area contributed by atoms with Gasteiger partial charge in [0.25, 0.3) is 0 Å².